The lowest BCUT2D eigenvalue weighted by Gasteiger charge is -2.26. The number of rotatable bonds is 3. The fourth-order valence-electron chi connectivity index (χ4n) is 2.54. The van der Waals surface area contributed by atoms with Crippen molar-refractivity contribution in [3.8, 4) is 0 Å². The summed E-state index contributed by atoms with van der Waals surface area (Å²) >= 11 is 0. The summed E-state index contributed by atoms with van der Waals surface area (Å²) in [6.45, 7) is 3.38. The van der Waals surface area contributed by atoms with E-state index in [1.807, 2.05) is 0 Å². The van der Waals surface area contributed by atoms with E-state index < -0.39 is 0 Å². The number of hydrogen-bond acceptors (Lipinski definition) is 4. The van der Waals surface area contributed by atoms with Crippen LogP contribution in [0.4, 0.5) is 0 Å². The first kappa shape index (κ1) is 11.3. The van der Waals surface area contributed by atoms with Crippen LogP contribution in [0.15, 0.2) is 0 Å². The zero-order valence-electron chi connectivity index (χ0n) is 9.48. The topological polar surface area (TPSA) is 44.7 Å². The first-order valence-electron chi connectivity index (χ1n) is 5.97. The highest BCUT2D eigenvalue weighted by Gasteiger charge is 2.31. The maximum absolute atomic E-state index is 9.15. The van der Waals surface area contributed by atoms with Crippen LogP contribution in [0.5, 0.6) is 0 Å². The summed E-state index contributed by atoms with van der Waals surface area (Å²) in [4.78, 5) is 2.20. The first-order valence-corrected chi connectivity index (χ1v) is 5.97. The Bertz CT molecular complexity index is 195. The van der Waals surface area contributed by atoms with Crippen LogP contribution < -0.4 is 5.32 Å². The molecule has 2 aliphatic rings. The molecule has 4 heteroatoms. The van der Waals surface area contributed by atoms with Gasteiger partial charge in [-0.2, -0.15) is 0 Å². The second-order valence-electron chi connectivity index (χ2n) is 4.72. The second kappa shape index (κ2) is 5.25. The van der Waals surface area contributed by atoms with Gasteiger partial charge in [-0.25, -0.2) is 0 Å². The van der Waals surface area contributed by atoms with Crippen LogP contribution in [0.3, 0.4) is 0 Å². The van der Waals surface area contributed by atoms with E-state index in [0.717, 1.165) is 38.9 Å². The van der Waals surface area contributed by atoms with E-state index >= 15 is 0 Å². The van der Waals surface area contributed by atoms with Gasteiger partial charge in [-0.3, -0.25) is 4.90 Å². The summed E-state index contributed by atoms with van der Waals surface area (Å²) < 4.78 is 6.06. The molecular weight excluding hydrogens is 192 g/mol. The minimum Gasteiger partial charge on any atom is -0.395 e. The second-order valence-corrected chi connectivity index (χ2v) is 4.72. The van der Waals surface area contributed by atoms with Gasteiger partial charge in [-0.05, 0) is 39.4 Å². The Morgan fingerprint density at radius 2 is 2.07 bits per heavy atom. The van der Waals surface area contributed by atoms with Crippen LogP contribution >= 0.6 is 0 Å². The van der Waals surface area contributed by atoms with E-state index in [9.17, 15) is 0 Å². The summed E-state index contributed by atoms with van der Waals surface area (Å²) in [6, 6.07) is 0.303. The molecule has 2 aliphatic heterocycles. The molecule has 2 atom stereocenters. The van der Waals surface area contributed by atoms with Gasteiger partial charge in [0.05, 0.1) is 18.8 Å². The molecule has 15 heavy (non-hydrogen) atoms. The van der Waals surface area contributed by atoms with Gasteiger partial charge in [0.15, 0.2) is 0 Å². The quantitative estimate of drug-likeness (QED) is 0.684. The van der Waals surface area contributed by atoms with Crippen molar-refractivity contribution in [1.29, 1.82) is 0 Å². The normalized spacial score (nSPS) is 34.8. The van der Waals surface area contributed by atoms with Crippen molar-refractivity contribution in [2.45, 2.75) is 37.5 Å². The van der Waals surface area contributed by atoms with E-state index in [1.54, 1.807) is 0 Å². The maximum Gasteiger partial charge on any atom is 0.0721 e. The number of likely N-dealkylation sites (tertiary alicyclic amines) is 1. The Morgan fingerprint density at radius 3 is 2.67 bits per heavy atom. The van der Waals surface area contributed by atoms with Crippen LogP contribution in [0, 0.1) is 0 Å². The molecule has 0 aromatic carbocycles. The number of aliphatic hydroxyl groups is 1. The Balaban J connectivity index is 1.75. The van der Waals surface area contributed by atoms with E-state index in [-0.39, 0.29) is 6.61 Å². The van der Waals surface area contributed by atoms with Crippen molar-refractivity contribution < 1.29 is 9.84 Å². The Morgan fingerprint density at radius 1 is 1.33 bits per heavy atom. The molecule has 0 amide bonds. The van der Waals surface area contributed by atoms with E-state index in [1.165, 1.54) is 0 Å². The zero-order chi connectivity index (χ0) is 10.7. The molecule has 2 saturated heterocycles. The number of hydrogen-bond donors (Lipinski definition) is 2. The van der Waals surface area contributed by atoms with Gasteiger partial charge in [0.1, 0.15) is 0 Å². The van der Waals surface area contributed by atoms with Gasteiger partial charge in [-0.15, -0.1) is 0 Å². The molecule has 0 aliphatic carbocycles. The van der Waals surface area contributed by atoms with Crippen LogP contribution in [0.2, 0.25) is 0 Å². The fraction of sp³-hybridized carbons (Fsp3) is 1.00. The molecule has 88 valence electrons. The molecule has 2 rings (SSSR count). The van der Waals surface area contributed by atoms with Crippen LogP contribution in [0.1, 0.15) is 19.3 Å². The molecule has 0 aromatic heterocycles. The Labute approximate surface area is 91.6 Å². The minimum absolute atomic E-state index is 0.253. The maximum atomic E-state index is 9.15. The highest BCUT2D eigenvalue weighted by atomic mass is 16.5. The number of ether oxygens (including phenoxy) is 1. The number of aliphatic hydroxyl groups excluding tert-OH is 1. The lowest BCUT2D eigenvalue weighted by atomic mass is 10.1. The highest BCUT2D eigenvalue weighted by molar-refractivity contribution is 4.84. The zero-order valence-corrected chi connectivity index (χ0v) is 9.48. The molecule has 2 heterocycles. The van der Waals surface area contributed by atoms with E-state index in [4.69, 9.17) is 9.84 Å². The third-order valence-corrected chi connectivity index (χ3v) is 3.53. The van der Waals surface area contributed by atoms with Gasteiger partial charge >= 0.3 is 0 Å². The molecule has 0 unspecified atom stereocenters. The fourth-order valence-corrected chi connectivity index (χ4v) is 2.54. The Kier molecular flexibility index (Phi) is 3.97. The number of likely N-dealkylation sites (N-methyl/N-ethyl adjacent to an activating group) is 1. The number of nitrogens with zero attached hydrogens (tertiary/aromatic N) is 1. The molecule has 4 nitrogen and oxygen atoms in total. The van der Waals surface area contributed by atoms with E-state index in [0.29, 0.717) is 18.2 Å². The van der Waals surface area contributed by atoms with Crippen molar-refractivity contribution in [1.82, 2.24) is 10.2 Å². The summed E-state index contributed by atoms with van der Waals surface area (Å²) in [5, 5.41) is 12.5. The lowest BCUT2D eigenvalue weighted by Crippen LogP contribution is -2.35. The third kappa shape index (κ3) is 2.91. The first-order chi connectivity index (χ1) is 7.29. The van der Waals surface area contributed by atoms with Gasteiger partial charge in [0.25, 0.3) is 0 Å². The minimum atomic E-state index is 0.253. The molecule has 0 bridgehead atoms. The molecule has 0 aromatic rings. The smallest absolute Gasteiger partial charge is 0.0721 e. The molecule has 0 spiro atoms. The summed E-state index contributed by atoms with van der Waals surface area (Å²) in [5.41, 5.74) is 0. The average Bonchev–Trinajstić information content (AvgIpc) is 2.60. The van der Waals surface area contributed by atoms with Crippen LogP contribution in [0.25, 0.3) is 0 Å². The molecule has 2 fully saturated rings. The van der Waals surface area contributed by atoms with Crippen LogP contribution in [-0.4, -0.2) is 61.5 Å². The largest absolute Gasteiger partial charge is 0.395 e. The highest BCUT2D eigenvalue weighted by Crippen LogP contribution is 2.21. The van der Waals surface area contributed by atoms with Crippen molar-refractivity contribution >= 4 is 0 Å². The van der Waals surface area contributed by atoms with Gasteiger partial charge in [0.2, 0.25) is 0 Å². The van der Waals surface area contributed by atoms with Gasteiger partial charge in [-0.1, -0.05) is 0 Å². The van der Waals surface area contributed by atoms with Crippen molar-refractivity contribution in [3.63, 3.8) is 0 Å². The van der Waals surface area contributed by atoms with Gasteiger partial charge in [0, 0.05) is 12.6 Å². The van der Waals surface area contributed by atoms with Crippen molar-refractivity contribution in [2.75, 3.05) is 33.3 Å². The number of piperidine rings is 1. The molecule has 2 N–H and O–H groups in total. The van der Waals surface area contributed by atoms with E-state index in [2.05, 4.69) is 17.3 Å². The SMILES string of the molecule is CN1C[C@H](OC2CCNCC2)C[C@H]1CO. The average molecular weight is 214 g/mol. The van der Waals surface area contributed by atoms with Crippen molar-refractivity contribution in [3.05, 3.63) is 0 Å². The standard InChI is InChI=1S/C11H22N2O2/c1-13-7-11(6-9(13)8-14)15-10-2-4-12-5-3-10/h9-12,14H,2-8H2,1H3/t9-,11+/m0/s1. The Hall–Kier alpha value is -0.160. The third-order valence-electron chi connectivity index (χ3n) is 3.53. The predicted octanol–water partition coefficient (Wildman–Crippen LogP) is -0.180. The lowest BCUT2D eigenvalue weighted by molar-refractivity contribution is -0.0202. The molecule has 0 radical (unpaired) electrons. The summed E-state index contributed by atoms with van der Waals surface area (Å²) in [7, 11) is 2.06. The van der Waals surface area contributed by atoms with Crippen LogP contribution in [-0.2, 0) is 4.74 Å². The molecule has 0 saturated carbocycles. The summed E-state index contributed by atoms with van der Waals surface area (Å²) in [6.07, 6.45) is 4.00. The molecular formula is C11H22N2O2. The monoisotopic (exact) mass is 214 g/mol. The number of nitrogens with one attached hydrogen (secondary N) is 1. The summed E-state index contributed by atoms with van der Waals surface area (Å²) in [5.74, 6) is 0. The predicted molar refractivity (Wildman–Crippen MR) is 58.9 cm³/mol. The van der Waals surface area contributed by atoms with Crippen molar-refractivity contribution in [2.24, 2.45) is 0 Å². The van der Waals surface area contributed by atoms with Gasteiger partial charge < -0.3 is 15.2 Å².